The van der Waals surface area contributed by atoms with E-state index in [1.54, 1.807) is 24.9 Å². The van der Waals surface area contributed by atoms with Gasteiger partial charge in [-0.3, -0.25) is 19.3 Å². The fourth-order valence-electron chi connectivity index (χ4n) is 3.65. The standard InChI is InChI=1S/C17H33N3O2.C10H15NO2.C3H8/c1-7-19(6)17(22)15(12(2)3)18-16(21)14-10-8-9-11-20(14)13(4)5;1-5-9(13-6-2)7-11-10(12)8(3)4;1-3-2/h12-15H,7-11H2,1-6H3,(H,18,21);5-6H,2-3,7H2,1,4H3,(H,11,12);3H2,1-2H3/b;9-5-;. The largest absolute Gasteiger partial charge is 0.468 e. The maximum Gasteiger partial charge on any atom is 0.246 e. The van der Waals surface area contributed by atoms with Gasteiger partial charge in [-0.2, -0.15) is 0 Å². The van der Waals surface area contributed by atoms with Gasteiger partial charge in [-0.1, -0.05) is 53.7 Å². The molecule has 0 aromatic rings. The molecule has 1 rings (SSSR count). The van der Waals surface area contributed by atoms with Crippen LogP contribution in [0.4, 0.5) is 0 Å². The SMILES string of the molecule is C=CO/C(=C\C)CNC(=O)C(=C)C.CCC.CCN(C)C(=O)C(NC(=O)C1CCCCN1C(C)C)C(C)C. The zero-order valence-corrected chi connectivity index (χ0v) is 25.9. The molecule has 2 atom stereocenters. The van der Waals surface area contributed by atoms with E-state index in [2.05, 4.69) is 56.4 Å². The highest BCUT2D eigenvalue weighted by atomic mass is 16.5. The Morgan fingerprint density at radius 3 is 2.13 bits per heavy atom. The zero-order chi connectivity index (χ0) is 29.8. The van der Waals surface area contributed by atoms with Gasteiger partial charge in [0.1, 0.15) is 11.8 Å². The highest BCUT2D eigenvalue weighted by molar-refractivity contribution is 5.92. The minimum absolute atomic E-state index is 0.00208. The molecule has 0 aromatic carbocycles. The molecule has 0 aliphatic carbocycles. The van der Waals surface area contributed by atoms with Crippen LogP contribution in [0.15, 0.2) is 36.8 Å². The quantitative estimate of drug-likeness (QED) is 0.286. The summed E-state index contributed by atoms with van der Waals surface area (Å²) in [6.07, 6.45) is 7.44. The summed E-state index contributed by atoms with van der Waals surface area (Å²) in [6, 6.07) is -0.189. The third kappa shape index (κ3) is 15.0. The molecule has 3 amide bonds. The summed E-state index contributed by atoms with van der Waals surface area (Å²) >= 11 is 0. The highest BCUT2D eigenvalue weighted by Gasteiger charge is 2.34. The number of nitrogens with one attached hydrogen (secondary N) is 2. The van der Waals surface area contributed by atoms with Crippen molar-refractivity contribution in [3.63, 3.8) is 0 Å². The molecule has 0 aromatic heterocycles. The van der Waals surface area contributed by atoms with Crippen molar-refractivity contribution in [1.82, 2.24) is 20.4 Å². The topological polar surface area (TPSA) is 91.0 Å². The molecule has 2 N–H and O–H groups in total. The van der Waals surface area contributed by atoms with Gasteiger partial charge < -0.3 is 20.3 Å². The van der Waals surface area contributed by atoms with E-state index in [9.17, 15) is 14.4 Å². The van der Waals surface area contributed by atoms with Crippen LogP contribution in [0.2, 0.25) is 0 Å². The monoisotopic (exact) mass is 536 g/mol. The van der Waals surface area contributed by atoms with Crippen molar-refractivity contribution in [2.45, 2.75) is 106 Å². The van der Waals surface area contributed by atoms with Crippen molar-refractivity contribution in [2.75, 3.05) is 26.7 Å². The van der Waals surface area contributed by atoms with Gasteiger partial charge in [0.15, 0.2) is 0 Å². The summed E-state index contributed by atoms with van der Waals surface area (Å²) in [4.78, 5) is 40.1. The molecule has 0 saturated carbocycles. The van der Waals surface area contributed by atoms with Crippen molar-refractivity contribution in [3.05, 3.63) is 36.8 Å². The van der Waals surface area contributed by atoms with Gasteiger partial charge in [-0.25, -0.2) is 0 Å². The molecule has 8 nitrogen and oxygen atoms in total. The maximum absolute atomic E-state index is 12.7. The molecule has 38 heavy (non-hydrogen) atoms. The third-order valence-electron chi connectivity index (χ3n) is 5.96. The Hall–Kier alpha value is -2.61. The molecule has 1 aliphatic heterocycles. The molecule has 1 heterocycles. The molecular formula is C30H56N4O4. The van der Waals surface area contributed by atoms with Crippen LogP contribution in [0.5, 0.6) is 0 Å². The lowest BCUT2D eigenvalue weighted by molar-refractivity contribution is -0.138. The number of piperidine rings is 1. The van der Waals surface area contributed by atoms with Crippen molar-refractivity contribution in [3.8, 4) is 0 Å². The Balaban J connectivity index is 0. The second-order valence-electron chi connectivity index (χ2n) is 10.1. The number of allylic oxidation sites excluding steroid dienone is 1. The van der Waals surface area contributed by atoms with Gasteiger partial charge >= 0.3 is 0 Å². The Kier molecular flexibility index (Phi) is 21.1. The van der Waals surface area contributed by atoms with Gasteiger partial charge in [0.25, 0.3) is 0 Å². The maximum atomic E-state index is 12.7. The van der Waals surface area contributed by atoms with Crippen LogP contribution < -0.4 is 10.6 Å². The fourth-order valence-corrected chi connectivity index (χ4v) is 3.65. The van der Waals surface area contributed by atoms with E-state index in [1.807, 2.05) is 27.7 Å². The van der Waals surface area contributed by atoms with Gasteiger partial charge in [0, 0.05) is 25.2 Å². The average Bonchev–Trinajstić information content (AvgIpc) is 2.88. The molecule has 1 saturated heterocycles. The summed E-state index contributed by atoms with van der Waals surface area (Å²) in [5.74, 6) is 0.570. The van der Waals surface area contributed by atoms with Crippen LogP contribution in [0.3, 0.4) is 0 Å². The number of likely N-dealkylation sites (N-methyl/N-ethyl adjacent to an activating group) is 1. The zero-order valence-electron chi connectivity index (χ0n) is 25.9. The van der Waals surface area contributed by atoms with Crippen LogP contribution in [0.1, 0.15) is 88.0 Å². The predicted octanol–water partition coefficient (Wildman–Crippen LogP) is 5.03. The number of carbonyl (C=O) groups excluding carboxylic acids is 3. The van der Waals surface area contributed by atoms with Crippen molar-refractivity contribution >= 4 is 17.7 Å². The first kappa shape index (κ1) is 37.5. The van der Waals surface area contributed by atoms with E-state index in [0.717, 1.165) is 25.8 Å². The lowest BCUT2D eigenvalue weighted by atomic mass is 9.97. The summed E-state index contributed by atoms with van der Waals surface area (Å²) in [5, 5.41) is 5.65. The van der Waals surface area contributed by atoms with Crippen LogP contribution in [-0.2, 0) is 19.1 Å². The van der Waals surface area contributed by atoms with Crippen LogP contribution >= 0.6 is 0 Å². The van der Waals surface area contributed by atoms with E-state index >= 15 is 0 Å². The molecule has 0 spiro atoms. The fraction of sp³-hybridized carbons (Fsp3) is 0.700. The van der Waals surface area contributed by atoms with Crippen molar-refractivity contribution in [1.29, 1.82) is 0 Å². The molecule has 1 aliphatic rings. The molecule has 2 unspecified atom stereocenters. The Labute approximate surface area is 232 Å². The van der Waals surface area contributed by atoms with E-state index in [0.29, 0.717) is 30.5 Å². The van der Waals surface area contributed by atoms with Gasteiger partial charge in [0.05, 0.1) is 18.8 Å². The Bertz CT molecular complexity index is 761. The molecule has 1 fully saturated rings. The number of amides is 3. The second kappa shape index (κ2) is 21.3. The number of ether oxygens (including phenoxy) is 1. The highest BCUT2D eigenvalue weighted by Crippen LogP contribution is 2.20. The van der Waals surface area contributed by atoms with Gasteiger partial charge in [-0.15, -0.1) is 0 Å². The van der Waals surface area contributed by atoms with Crippen LogP contribution in [0, 0.1) is 5.92 Å². The molecule has 220 valence electrons. The van der Waals surface area contributed by atoms with E-state index < -0.39 is 6.04 Å². The number of carbonyl (C=O) groups is 3. The minimum atomic E-state index is -0.437. The first-order valence-corrected chi connectivity index (χ1v) is 14.0. The lowest BCUT2D eigenvalue weighted by Gasteiger charge is -2.38. The number of rotatable bonds is 11. The average molecular weight is 537 g/mol. The number of hydrogen-bond acceptors (Lipinski definition) is 5. The number of nitrogens with zero attached hydrogens (tertiary/aromatic N) is 2. The number of hydrogen-bond donors (Lipinski definition) is 2. The van der Waals surface area contributed by atoms with Gasteiger partial charge in [0.2, 0.25) is 17.7 Å². The van der Waals surface area contributed by atoms with Crippen molar-refractivity contribution < 1.29 is 19.1 Å². The normalized spacial score (nSPS) is 16.2. The first-order valence-electron chi connectivity index (χ1n) is 14.0. The lowest BCUT2D eigenvalue weighted by Crippen LogP contribution is -2.57. The van der Waals surface area contributed by atoms with E-state index in [4.69, 9.17) is 4.74 Å². The van der Waals surface area contributed by atoms with E-state index in [1.165, 1.54) is 12.7 Å². The molecule has 0 radical (unpaired) electrons. The summed E-state index contributed by atoms with van der Waals surface area (Å²) in [7, 11) is 1.78. The second-order valence-corrected chi connectivity index (χ2v) is 10.1. The van der Waals surface area contributed by atoms with Crippen LogP contribution in [0.25, 0.3) is 0 Å². The molecule has 0 bridgehead atoms. The van der Waals surface area contributed by atoms with Gasteiger partial charge in [-0.05, 0) is 66.0 Å². The summed E-state index contributed by atoms with van der Waals surface area (Å²) in [6.45, 7) is 26.8. The molecule has 8 heteroatoms. The Morgan fingerprint density at radius 2 is 1.71 bits per heavy atom. The predicted molar refractivity (Wildman–Crippen MR) is 158 cm³/mol. The smallest absolute Gasteiger partial charge is 0.246 e. The first-order chi connectivity index (χ1) is 17.8. The van der Waals surface area contributed by atoms with E-state index in [-0.39, 0.29) is 29.7 Å². The summed E-state index contributed by atoms with van der Waals surface area (Å²) < 4.78 is 5.00. The third-order valence-corrected chi connectivity index (χ3v) is 5.96. The minimum Gasteiger partial charge on any atom is -0.468 e. The summed E-state index contributed by atoms with van der Waals surface area (Å²) in [5.41, 5.74) is 0.481. The van der Waals surface area contributed by atoms with Crippen LogP contribution in [-0.4, -0.2) is 72.3 Å². The Morgan fingerprint density at radius 1 is 1.13 bits per heavy atom. The molecular weight excluding hydrogens is 480 g/mol. The van der Waals surface area contributed by atoms with Crippen molar-refractivity contribution in [2.24, 2.45) is 5.92 Å². The number of likely N-dealkylation sites (tertiary alicyclic amines) is 1.